The van der Waals surface area contributed by atoms with E-state index in [0.717, 1.165) is 11.1 Å². The van der Waals surface area contributed by atoms with Crippen LogP contribution in [0.1, 0.15) is 36.1 Å². The van der Waals surface area contributed by atoms with E-state index < -0.39 is 23.1 Å². The summed E-state index contributed by atoms with van der Waals surface area (Å²) < 4.78 is 38.8. The summed E-state index contributed by atoms with van der Waals surface area (Å²) in [5.41, 5.74) is 2.34. The summed E-state index contributed by atoms with van der Waals surface area (Å²) in [6, 6.07) is 13.8. The lowest BCUT2D eigenvalue weighted by Crippen LogP contribution is -2.39. The van der Waals surface area contributed by atoms with Gasteiger partial charge in [0.05, 0.1) is 17.8 Å². The van der Waals surface area contributed by atoms with E-state index in [1.807, 2.05) is 13.0 Å². The second-order valence-corrected chi connectivity index (χ2v) is 9.19. The molecule has 0 bridgehead atoms. The number of amides is 2. The molecule has 0 radical (unpaired) electrons. The Morgan fingerprint density at radius 1 is 1.08 bits per heavy atom. The van der Waals surface area contributed by atoms with Crippen LogP contribution in [-0.2, 0) is 22.7 Å². The number of hydrogen-bond acceptors (Lipinski definition) is 5. The van der Waals surface area contributed by atoms with Crippen molar-refractivity contribution < 1.29 is 27.8 Å². The van der Waals surface area contributed by atoms with Crippen molar-refractivity contribution in [3.8, 4) is 5.75 Å². The SMILES string of the molecule is Cc1ccc(OCc2c(F)cccc2F)cc1N1Cc2ccc(C3=NC(C)(C)C(=O)O3)cc2NC1=O. The second-order valence-electron chi connectivity index (χ2n) is 9.19. The van der Waals surface area contributed by atoms with Crippen LogP contribution < -0.4 is 15.0 Å². The van der Waals surface area contributed by atoms with Gasteiger partial charge in [-0.15, -0.1) is 0 Å². The minimum absolute atomic E-state index is 0.166. The van der Waals surface area contributed by atoms with Crippen molar-refractivity contribution in [2.24, 2.45) is 4.99 Å². The second kappa shape index (κ2) is 8.75. The van der Waals surface area contributed by atoms with Crippen molar-refractivity contribution in [1.82, 2.24) is 0 Å². The maximum absolute atomic E-state index is 14.0. The van der Waals surface area contributed by atoms with Gasteiger partial charge in [0.15, 0.2) is 5.54 Å². The van der Waals surface area contributed by atoms with Crippen LogP contribution in [0.15, 0.2) is 59.6 Å². The maximum atomic E-state index is 14.0. The Morgan fingerprint density at radius 2 is 1.83 bits per heavy atom. The lowest BCUT2D eigenvalue weighted by molar-refractivity contribution is -0.137. The molecule has 0 unspecified atom stereocenters. The van der Waals surface area contributed by atoms with Gasteiger partial charge >= 0.3 is 12.0 Å². The number of carbonyl (C=O) groups is 2. The number of nitrogens with one attached hydrogen (secondary N) is 1. The van der Waals surface area contributed by atoms with E-state index in [4.69, 9.17) is 9.47 Å². The zero-order chi connectivity index (χ0) is 25.6. The molecule has 2 aliphatic heterocycles. The molecule has 2 amide bonds. The number of anilines is 2. The lowest BCUT2D eigenvalue weighted by atomic mass is 10.0. The number of hydrogen-bond donors (Lipinski definition) is 1. The molecule has 0 atom stereocenters. The van der Waals surface area contributed by atoms with Gasteiger partial charge in [-0.05, 0) is 62.2 Å². The van der Waals surface area contributed by atoms with Crippen LogP contribution in [-0.4, -0.2) is 23.4 Å². The Morgan fingerprint density at radius 3 is 2.53 bits per heavy atom. The first-order valence-electron chi connectivity index (χ1n) is 11.3. The van der Waals surface area contributed by atoms with Gasteiger partial charge in [0.2, 0.25) is 5.90 Å². The number of esters is 1. The number of aryl methyl sites for hydroxylation is 1. The molecule has 2 heterocycles. The van der Waals surface area contributed by atoms with Gasteiger partial charge in [0.25, 0.3) is 0 Å². The standard InChI is InChI=1S/C27H23F2N3O4/c1-15-7-10-18(35-14-19-20(28)5-4-6-21(19)29)12-23(15)32-13-17-9-8-16(11-22(17)30-26(32)34)24-31-27(2,3)25(33)36-24/h4-12H,13-14H2,1-3H3,(H,30,34). The van der Waals surface area contributed by atoms with E-state index in [2.05, 4.69) is 10.3 Å². The molecule has 3 aromatic carbocycles. The van der Waals surface area contributed by atoms with Crippen LogP contribution >= 0.6 is 0 Å². The summed E-state index contributed by atoms with van der Waals surface area (Å²) in [6.45, 7) is 5.20. The predicted molar refractivity (Wildman–Crippen MR) is 130 cm³/mol. The zero-order valence-electron chi connectivity index (χ0n) is 19.9. The van der Waals surface area contributed by atoms with Crippen LogP contribution in [0.2, 0.25) is 0 Å². The third-order valence-electron chi connectivity index (χ3n) is 6.16. The molecule has 0 saturated heterocycles. The number of halogens is 2. The summed E-state index contributed by atoms with van der Waals surface area (Å²) in [4.78, 5) is 30.9. The molecule has 0 spiro atoms. The maximum Gasteiger partial charge on any atom is 0.340 e. The minimum Gasteiger partial charge on any atom is -0.489 e. The summed E-state index contributed by atoms with van der Waals surface area (Å²) in [6.07, 6.45) is 0. The van der Waals surface area contributed by atoms with E-state index in [-0.39, 0.29) is 30.6 Å². The number of fused-ring (bicyclic) bond motifs is 1. The van der Waals surface area contributed by atoms with E-state index in [0.29, 0.717) is 22.7 Å². The number of cyclic esters (lactones) is 1. The summed E-state index contributed by atoms with van der Waals surface area (Å²) in [5.74, 6) is -1.21. The number of urea groups is 1. The molecule has 184 valence electrons. The molecule has 36 heavy (non-hydrogen) atoms. The van der Waals surface area contributed by atoms with E-state index in [1.54, 1.807) is 49.1 Å². The fourth-order valence-corrected chi connectivity index (χ4v) is 4.04. The predicted octanol–water partition coefficient (Wildman–Crippen LogP) is 5.49. The largest absolute Gasteiger partial charge is 0.489 e. The molecular weight excluding hydrogens is 468 g/mol. The molecule has 1 N–H and O–H groups in total. The third kappa shape index (κ3) is 4.28. The Balaban J connectivity index is 1.37. The smallest absolute Gasteiger partial charge is 0.340 e. The Kier molecular flexibility index (Phi) is 5.70. The average Bonchev–Trinajstić information content (AvgIpc) is 3.11. The van der Waals surface area contributed by atoms with Crippen molar-refractivity contribution in [3.63, 3.8) is 0 Å². The number of carbonyl (C=O) groups excluding carboxylic acids is 2. The fraction of sp³-hybridized carbons (Fsp3) is 0.222. The first-order chi connectivity index (χ1) is 17.1. The summed E-state index contributed by atoms with van der Waals surface area (Å²) in [7, 11) is 0. The molecule has 9 heteroatoms. The molecule has 0 saturated carbocycles. The minimum atomic E-state index is -0.950. The normalized spacial score (nSPS) is 16.2. The van der Waals surface area contributed by atoms with Gasteiger partial charge in [0, 0.05) is 17.3 Å². The first-order valence-corrected chi connectivity index (χ1v) is 11.3. The highest BCUT2D eigenvalue weighted by Crippen LogP contribution is 2.33. The van der Waals surface area contributed by atoms with E-state index in [1.165, 1.54) is 18.2 Å². The van der Waals surface area contributed by atoms with Crippen molar-refractivity contribution >= 4 is 29.3 Å². The molecule has 0 fully saturated rings. The molecule has 2 aliphatic rings. The van der Waals surface area contributed by atoms with Gasteiger partial charge < -0.3 is 14.8 Å². The van der Waals surface area contributed by atoms with Gasteiger partial charge in [0.1, 0.15) is 24.0 Å². The monoisotopic (exact) mass is 491 g/mol. The summed E-state index contributed by atoms with van der Waals surface area (Å²) >= 11 is 0. The lowest BCUT2D eigenvalue weighted by Gasteiger charge is -2.31. The Labute approximate surface area is 206 Å². The molecular formula is C27H23F2N3O4. The number of ether oxygens (including phenoxy) is 2. The van der Waals surface area contributed by atoms with Gasteiger partial charge in [-0.25, -0.2) is 23.4 Å². The highest BCUT2D eigenvalue weighted by molar-refractivity contribution is 6.09. The third-order valence-corrected chi connectivity index (χ3v) is 6.16. The molecule has 0 aliphatic carbocycles. The van der Waals surface area contributed by atoms with Gasteiger partial charge in [-0.3, -0.25) is 4.90 Å². The van der Waals surface area contributed by atoms with Crippen LogP contribution in [0.3, 0.4) is 0 Å². The average molecular weight is 491 g/mol. The van der Waals surface area contributed by atoms with Crippen LogP contribution in [0.25, 0.3) is 0 Å². The number of nitrogens with zero attached hydrogens (tertiary/aromatic N) is 2. The number of aliphatic imine (C=N–C) groups is 1. The molecule has 7 nitrogen and oxygen atoms in total. The molecule has 3 aromatic rings. The van der Waals surface area contributed by atoms with E-state index in [9.17, 15) is 18.4 Å². The highest BCUT2D eigenvalue weighted by Gasteiger charge is 2.37. The quantitative estimate of drug-likeness (QED) is 0.479. The molecule has 5 rings (SSSR count). The van der Waals surface area contributed by atoms with Crippen molar-refractivity contribution in [3.05, 3.63) is 88.5 Å². The summed E-state index contributed by atoms with van der Waals surface area (Å²) in [5, 5.41) is 2.88. The first kappa shape index (κ1) is 23.5. The fourth-order valence-electron chi connectivity index (χ4n) is 4.04. The van der Waals surface area contributed by atoms with Gasteiger partial charge in [-0.1, -0.05) is 18.2 Å². The highest BCUT2D eigenvalue weighted by atomic mass is 19.1. The topological polar surface area (TPSA) is 80.2 Å². The van der Waals surface area contributed by atoms with Crippen molar-refractivity contribution in [1.29, 1.82) is 0 Å². The van der Waals surface area contributed by atoms with Gasteiger partial charge in [-0.2, -0.15) is 0 Å². The number of benzene rings is 3. The number of rotatable bonds is 5. The van der Waals surface area contributed by atoms with Crippen LogP contribution in [0.5, 0.6) is 5.75 Å². The Hall–Kier alpha value is -4.27. The zero-order valence-corrected chi connectivity index (χ0v) is 19.9. The van der Waals surface area contributed by atoms with Crippen LogP contribution in [0.4, 0.5) is 25.0 Å². The molecule has 0 aromatic heterocycles. The van der Waals surface area contributed by atoms with Crippen molar-refractivity contribution in [2.75, 3.05) is 10.2 Å². The van der Waals surface area contributed by atoms with E-state index >= 15 is 0 Å². The van der Waals surface area contributed by atoms with Crippen molar-refractivity contribution in [2.45, 2.75) is 39.5 Å². The van der Waals surface area contributed by atoms with Crippen LogP contribution in [0, 0.1) is 18.6 Å². The Bertz CT molecular complexity index is 1410.